The molecule has 0 aliphatic rings. The lowest BCUT2D eigenvalue weighted by Crippen LogP contribution is -2.15. The first-order valence-electron chi connectivity index (χ1n) is 9.15. The lowest BCUT2D eigenvalue weighted by molar-refractivity contribution is -0.141. The van der Waals surface area contributed by atoms with Crippen LogP contribution in [-0.2, 0) is 6.18 Å². The number of nitrogens with zero attached hydrogens (tertiary/aromatic N) is 5. The van der Waals surface area contributed by atoms with Gasteiger partial charge in [-0.05, 0) is 36.8 Å². The third kappa shape index (κ3) is 4.14. The van der Waals surface area contributed by atoms with Crippen molar-refractivity contribution in [2.24, 2.45) is 0 Å². The van der Waals surface area contributed by atoms with Crippen LogP contribution in [0.3, 0.4) is 0 Å². The molecule has 1 aromatic carbocycles. The molecule has 152 valence electrons. The van der Waals surface area contributed by atoms with E-state index in [0.717, 1.165) is 17.3 Å². The Morgan fingerprint density at radius 2 is 1.77 bits per heavy atom. The fraction of sp³-hybridized carbons (Fsp3) is 0.143. The minimum atomic E-state index is -4.61. The van der Waals surface area contributed by atoms with Crippen LogP contribution in [0.1, 0.15) is 24.2 Å². The Morgan fingerprint density at radius 3 is 2.47 bits per heavy atom. The molecule has 0 spiro atoms. The van der Waals surface area contributed by atoms with Gasteiger partial charge in [-0.2, -0.15) is 18.3 Å². The van der Waals surface area contributed by atoms with Gasteiger partial charge in [0.25, 0.3) is 0 Å². The zero-order valence-electron chi connectivity index (χ0n) is 15.9. The van der Waals surface area contributed by atoms with E-state index in [2.05, 4.69) is 25.4 Å². The molecule has 30 heavy (non-hydrogen) atoms. The van der Waals surface area contributed by atoms with Crippen LogP contribution < -0.4 is 5.32 Å². The van der Waals surface area contributed by atoms with Crippen molar-refractivity contribution >= 4 is 5.82 Å². The quantitative estimate of drug-likeness (QED) is 0.506. The van der Waals surface area contributed by atoms with Gasteiger partial charge in [0.2, 0.25) is 0 Å². The van der Waals surface area contributed by atoms with Gasteiger partial charge in [0.15, 0.2) is 11.5 Å². The number of anilines is 1. The van der Waals surface area contributed by atoms with Gasteiger partial charge in [-0.1, -0.05) is 24.3 Å². The summed E-state index contributed by atoms with van der Waals surface area (Å²) in [6, 6.07) is 14.8. The number of para-hydroxylation sites is 1. The first-order chi connectivity index (χ1) is 14.4. The Hall–Kier alpha value is -3.75. The number of pyridine rings is 1. The largest absolute Gasteiger partial charge is 0.433 e. The summed E-state index contributed by atoms with van der Waals surface area (Å²) in [5.74, 6) is -0.0405. The highest BCUT2D eigenvalue weighted by molar-refractivity contribution is 5.54. The monoisotopic (exact) mass is 410 g/mol. The van der Waals surface area contributed by atoms with Crippen LogP contribution >= 0.6 is 0 Å². The lowest BCUT2D eigenvalue weighted by atomic mass is 10.1. The van der Waals surface area contributed by atoms with Crippen LogP contribution in [0.15, 0.2) is 73.2 Å². The first-order valence-corrected chi connectivity index (χ1v) is 9.15. The molecule has 6 nitrogen and oxygen atoms in total. The fourth-order valence-corrected chi connectivity index (χ4v) is 3.05. The van der Waals surface area contributed by atoms with Gasteiger partial charge in [0.1, 0.15) is 11.5 Å². The highest BCUT2D eigenvalue weighted by Gasteiger charge is 2.34. The van der Waals surface area contributed by atoms with E-state index in [1.807, 2.05) is 31.2 Å². The van der Waals surface area contributed by atoms with Gasteiger partial charge in [-0.25, -0.2) is 14.6 Å². The molecule has 4 rings (SSSR count). The van der Waals surface area contributed by atoms with E-state index >= 15 is 0 Å². The van der Waals surface area contributed by atoms with Crippen LogP contribution in [0, 0.1) is 0 Å². The Kier molecular flexibility index (Phi) is 5.18. The van der Waals surface area contributed by atoms with E-state index in [9.17, 15) is 13.2 Å². The minimum absolute atomic E-state index is 0.0562. The normalized spacial score (nSPS) is 12.5. The average molecular weight is 410 g/mol. The molecule has 1 unspecified atom stereocenters. The van der Waals surface area contributed by atoms with Gasteiger partial charge in [0.05, 0.1) is 11.7 Å². The Bertz CT molecular complexity index is 1130. The van der Waals surface area contributed by atoms with Crippen molar-refractivity contribution in [3.8, 4) is 17.2 Å². The lowest BCUT2D eigenvalue weighted by Gasteiger charge is -2.19. The number of aromatic nitrogens is 5. The van der Waals surface area contributed by atoms with Gasteiger partial charge in [-0.15, -0.1) is 0 Å². The molecule has 0 saturated heterocycles. The first kappa shape index (κ1) is 19.6. The number of halogens is 3. The second kappa shape index (κ2) is 7.94. The van der Waals surface area contributed by atoms with Crippen LogP contribution in [0.2, 0.25) is 0 Å². The fourth-order valence-electron chi connectivity index (χ4n) is 3.05. The van der Waals surface area contributed by atoms with Crippen LogP contribution in [0.5, 0.6) is 0 Å². The highest BCUT2D eigenvalue weighted by Crippen LogP contribution is 2.32. The number of benzene rings is 1. The molecule has 1 atom stereocenters. The predicted molar refractivity (Wildman–Crippen MR) is 106 cm³/mol. The standard InChI is InChI=1S/C21H17F3N6/c1-14(15-7-2-3-9-17(15)30-12-6-11-26-30)27-19-13-18(21(22,23)24)28-20(29-19)16-8-4-5-10-25-16/h2-14H,1H3,(H,27,28,29). The second-order valence-electron chi connectivity index (χ2n) is 6.55. The van der Waals surface area contributed by atoms with E-state index < -0.39 is 11.9 Å². The van der Waals surface area contributed by atoms with Crippen LogP contribution in [-0.4, -0.2) is 24.7 Å². The maximum atomic E-state index is 13.4. The van der Waals surface area contributed by atoms with Crippen molar-refractivity contribution in [1.82, 2.24) is 24.7 Å². The summed E-state index contributed by atoms with van der Waals surface area (Å²) >= 11 is 0. The van der Waals surface area contributed by atoms with E-state index in [0.29, 0.717) is 0 Å². The summed E-state index contributed by atoms with van der Waals surface area (Å²) < 4.78 is 42.0. The van der Waals surface area contributed by atoms with Gasteiger partial charge in [0, 0.05) is 24.7 Å². The van der Waals surface area contributed by atoms with Crippen LogP contribution in [0.4, 0.5) is 19.0 Å². The average Bonchev–Trinajstić information content (AvgIpc) is 3.28. The molecule has 0 bridgehead atoms. The maximum absolute atomic E-state index is 13.4. The summed E-state index contributed by atoms with van der Waals surface area (Å²) in [7, 11) is 0. The number of alkyl halides is 3. The Morgan fingerprint density at radius 1 is 0.967 bits per heavy atom. The molecule has 0 fully saturated rings. The molecule has 0 amide bonds. The van der Waals surface area contributed by atoms with E-state index in [4.69, 9.17) is 0 Å². The zero-order valence-corrected chi connectivity index (χ0v) is 15.9. The maximum Gasteiger partial charge on any atom is 0.433 e. The summed E-state index contributed by atoms with van der Waals surface area (Å²) in [5, 5.41) is 7.31. The minimum Gasteiger partial charge on any atom is -0.363 e. The zero-order chi connectivity index (χ0) is 21.1. The SMILES string of the molecule is CC(Nc1cc(C(F)(F)F)nc(-c2ccccn2)n1)c1ccccc1-n1cccn1. The molecule has 0 saturated carbocycles. The summed E-state index contributed by atoms with van der Waals surface area (Å²) in [4.78, 5) is 12.0. The number of hydrogen-bond donors (Lipinski definition) is 1. The van der Waals surface area contributed by atoms with Crippen molar-refractivity contribution in [3.63, 3.8) is 0 Å². The topological polar surface area (TPSA) is 68.5 Å². The highest BCUT2D eigenvalue weighted by atomic mass is 19.4. The molecule has 0 aliphatic heterocycles. The number of hydrogen-bond acceptors (Lipinski definition) is 5. The van der Waals surface area contributed by atoms with Crippen molar-refractivity contribution in [2.75, 3.05) is 5.32 Å². The van der Waals surface area contributed by atoms with Crippen LogP contribution in [0.25, 0.3) is 17.2 Å². The summed E-state index contributed by atoms with van der Waals surface area (Å²) in [5.41, 5.74) is 0.898. The van der Waals surface area contributed by atoms with Crippen molar-refractivity contribution < 1.29 is 13.2 Å². The molecular weight excluding hydrogens is 393 g/mol. The van der Waals surface area contributed by atoms with Crippen molar-refractivity contribution in [2.45, 2.75) is 19.1 Å². The van der Waals surface area contributed by atoms with Crippen molar-refractivity contribution in [3.05, 3.63) is 84.4 Å². The van der Waals surface area contributed by atoms with E-state index in [1.54, 1.807) is 41.3 Å². The van der Waals surface area contributed by atoms with Crippen molar-refractivity contribution in [1.29, 1.82) is 0 Å². The summed E-state index contributed by atoms with van der Waals surface area (Å²) in [6.07, 6.45) is 0.333. The van der Waals surface area contributed by atoms with E-state index in [-0.39, 0.29) is 23.4 Å². The molecule has 0 radical (unpaired) electrons. The number of rotatable bonds is 5. The molecule has 3 aromatic heterocycles. The third-order valence-corrected chi connectivity index (χ3v) is 4.43. The van der Waals surface area contributed by atoms with Gasteiger partial charge >= 0.3 is 6.18 Å². The summed E-state index contributed by atoms with van der Waals surface area (Å²) in [6.45, 7) is 1.85. The molecular formula is C21H17F3N6. The second-order valence-corrected chi connectivity index (χ2v) is 6.55. The Balaban J connectivity index is 1.71. The van der Waals surface area contributed by atoms with Gasteiger partial charge < -0.3 is 5.32 Å². The van der Waals surface area contributed by atoms with Gasteiger partial charge in [-0.3, -0.25) is 4.98 Å². The molecule has 3 heterocycles. The Labute approximate surface area is 170 Å². The predicted octanol–water partition coefficient (Wildman–Crippen LogP) is 4.92. The molecule has 1 N–H and O–H groups in total. The molecule has 4 aromatic rings. The third-order valence-electron chi connectivity index (χ3n) is 4.43. The molecule has 0 aliphatic carbocycles. The van der Waals surface area contributed by atoms with E-state index in [1.165, 1.54) is 6.20 Å². The number of nitrogens with one attached hydrogen (secondary N) is 1. The smallest absolute Gasteiger partial charge is 0.363 e. The molecule has 9 heteroatoms.